The molecule has 2 atom stereocenters. The lowest BCUT2D eigenvalue weighted by Gasteiger charge is -2.26. The molecule has 0 saturated carbocycles. The molecule has 2 N–H and O–H groups in total. The van der Waals surface area contributed by atoms with Crippen molar-refractivity contribution in [1.29, 1.82) is 0 Å². The number of aromatic nitrogens is 1. The highest BCUT2D eigenvalue weighted by Gasteiger charge is 2.28. The molecule has 0 spiro atoms. The Kier molecular flexibility index (Phi) is 5.73. The van der Waals surface area contributed by atoms with Crippen molar-refractivity contribution in [3.8, 4) is 11.6 Å². The van der Waals surface area contributed by atoms with Crippen LogP contribution in [0.15, 0.2) is 18.2 Å². The largest absolute Gasteiger partial charge is 0.495 e. The Labute approximate surface area is 150 Å². The number of pyridine rings is 1. The van der Waals surface area contributed by atoms with Gasteiger partial charge < -0.3 is 9.47 Å². The number of halogens is 1. The van der Waals surface area contributed by atoms with Crippen molar-refractivity contribution in [2.75, 3.05) is 14.2 Å². The Morgan fingerprint density at radius 1 is 1.29 bits per heavy atom. The fourth-order valence-corrected chi connectivity index (χ4v) is 3.44. The molecule has 1 unspecified atom stereocenters. The van der Waals surface area contributed by atoms with Crippen molar-refractivity contribution in [1.82, 2.24) is 4.98 Å². The molecular formula is C17H23ClN2O3S. The topological polar surface area (TPSA) is 74.4 Å². The van der Waals surface area contributed by atoms with Crippen molar-refractivity contribution >= 4 is 33.5 Å². The Balaban J connectivity index is 2.51. The number of hydrogen-bond acceptors (Lipinski definition) is 4. The summed E-state index contributed by atoms with van der Waals surface area (Å²) >= 11 is 6.22. The van der Waals surface area contributed by atoms with Gasteiger partial charge in [0.15, 0.2) is 0 Å². The van der Waals surface area contributed by atoms with Crippen molar-refractivity contribution in [3.63, 3.8) is 0 Å². The quantitative estimate of drug-likeness (QED) is 0.839. The summed E-state index contributed by atoms with van der Waals surface area (Å²) in [6.07, 6.45) is 0.642. The molecule has 0 fully saturated rings. The highest BCUT2D eigenvalue weighted by molar-refractivity contribution is 7.84. The van der Waals surface area contributed by atoms with Crippen molar-refractivity contribution in [2.45, 2.75) is 37.9 Å². The number of benzene rings is 1. The van der Waals surface area contributed by atoms with Gasteiger partial charge in [0.1, 0.15) is 5.75 Å². The first-order valence-electron chi connectivity index (χ1n) is 7.58. The highest BCUT2D eigenvalue weighted by atomic mass is 35.5. The molecule has 7 heteroatoms. The molecule has 132 valence electrons. The van der Waals surface area contributed by atoms with Gasteiger partial charge in [0.2, 0.25) is 5.88 Å². The summed E-state index contributed by atoms with van der Waals surface area (Å²) in [5.41, 5.74) is 1.68. The summed E-state index contributed by atoms with van der Waals surface area (Å²) in [5.74, 6) is 1.18. The van der Waals surface area contributed by atoms with E-state index in [2.05, 4.69) is 4.98 Å². The van der Waals surface area contributed by atoms with Gasteiger partial charge >= 0.3 is 0 Å². The van der Waals surface area contributed by atoms with E-state index in [1.165, 1.54) is 0 Å². The molecule has 2 rings (SSSR count). The Hall–Kier alpha value is -1.37. The van der Waals surface area contributed by atoms with E-state index in [-0.39, 0.29) is 5.92 Å². The SMILES string of the molecule is COc1cc2nc(OC)c([C@@H](C)CC(C)(C)S(N)=O)cc2cc1Cl. The molecule has 0 aliphatic carbocycles. The van der Waals surface area contributed by atoms with Gasteiger partial charge in [-0.3, -0.25) is 5.14 Å². The van der Waals surface area contributed by atoms with Crippen LogP contribution in [-0.2, 0) is 11.0 Å². The Morgan fingerprint density at radius 3 is 2.50 bits per heavy atom. The van der Waals surface area contributed by atoms with Gasteiger partial charge in [-0.15, -0.1) is 0 Å². The summed E-state index contributed by atoms with van der Waals surface area (Å²) in [6.45, 7) is 5.83. The van der Waals surface area contributed by atoms with Crippen LogP contribution in [0.3, 0.4) is 0 Å². The summed E-state index contributed by atoms with van der Waals surface area (Å²) in [7, 11) is 1.74. The maximum absolute atomic E-state index is 11.7. The van der Waals surface area contributed by atoms with Gasteiger partial charge in [-0.25, -0.2) is 9.19 Å². The molecule has 1 heterocycles. The lowest BCUT2D eigenvalue weighted by atomic mass is 9.91. The van der Waals surface area contributed by atoms with Gasteiger partial charge in [-0.2, -0.15) is 0 Å². The smallest absolute Gasteiger partial charge is 0.217 e. The van der Waals surface area contributed by atoms with Crippen LogP contribution in [0.1, 0.15) is 38.7 Å². The van der Waals surface area contributed by atoms with E-state index < -0.39 is 15.7 Å². The third-order valence-corrected chi connectivity index (χ3v) is 5.70. The third kappa shape index (κ3) is 3.82. The molecule has 0 bridgehead atoms. The predicted octanol–water partition coefficient (Wildman–Crippen LogP) is 3.80. The monoisotopic (exact) mass is 370 g/mol. The fraction of sp³-hybridized carbons (Fsp3) is 0.471. The van der Waals surface area contributed by atoms with Crippen LogP contribution in [0.2, 0.25) is 5.02 Å². The minimum atomic E-state index is -1.41. The number of fused-ring (bicyclic) bond motifs is 1. The zero-order valence-electron chi connectivity index (χ0n) is 14.6. The molecule has 24 heavy (non-hydrogen) atoms. The van der Waals surface area contributed by atoms with E-state index >= 15 is 0 Å². The molecule has 2 aromatic rings. The Bertz CT molecular complexity index is 780. The van der Waals surface area contributed by atoms with E-state index in [4.69, 9.17) is 26.2 Å². The standard InChI is InChI=1S/C17H23ClN2O3S/c1-10(9-17(2,3)24(19)21)12-6-11-7-13(18)15(22-4)8-14(11)20-16(12)23-5/h6-8,10H,9,19H2,1-5H3/t10-,24?/m0/s1. The van der Waals surface area contributed by atoms with E-state index in [0.717, 1.165) is 16.5 Å². The number of ether oxygens (including phenoxy) is 2. The second-order valence-corrected chi connectivity index (χ2v) is 8.54. The van der Waals surface area contributed by atoms with E-state index in [1.807, 2.05) is 32.9 Å². The van der Waals surface area contributed by atoms with Crippen LogP contribution in [-0.4, -0.2) is 28.2 Å². The minimum Gasteiger partial charge on any atom is -0.495 e. The van der Waals surface area contributed by atoms with Crippen LogP contribution >= 0.6 is 11.6 Å². The lowest BCUT2D eigenvalue weighted by Crippen LogP contribution is -2.33. The normalized spacial score (nSPS) is 14.5. The van der Waals surface area contributed by atoms with Crippen molar-refractivity contribution < 1.29 is 13.7 Å². The molecule has 0 saturated heterocycles. The summed E-state index contributed by atoms with van der Waals surface area (Å²) in [5, 5.41) is 7.03. The summed E-state index contributed by atoms with van der Waals surface area (Å²) in [4.78, 5) is 4.57. The van der Waals surface area contributed by atoms with Crippen LogP contribution in [0.4, 0.5) is 0 Å². The third-order valence-electron chi connectivity index (χ3n) is 4.15. The molecule has 1 aromatic heterocycles. The van der Waals surface area contributed by atoms with Crippen LogP contribution in [0, 0.1) is 0 Å². The van der Waals surface area contributed by atoms with Crippen LogP contribution in [0.5, 0.6) is 11.6 Å². The maximum atomic E-state index is 11.7. The second kappa shape index (κ2) is 7.25. The fourth-order valence-electron chi connectivity index (χ4n) is 2.78. The van der Waals surface area contributed by atoms with Gasteiger partial charge in [-0.1, -0.05) is 18.5 Å². The molecular weight excluding hydrogens is 348 g/mol. The van der Waals surface area contributed by atoms with Crippen LogP contribution < -0.4 is 14.6 Å². The molecule has 1 aromatic carbocycles. The first-order chi connectivity index (χ1) is 11.2. The van der Waals surface area contributed by atoms with Crippen molar-refractivity contribution in [3.05, 3.63) is 28.8 Å². The van der Waals surface area contributed by atoms with E-state index in [1.54, 1.807) is 20.3 Å². The number of hydrogen-bond donors (Lipinski definition) is 1. The maximum Gasteiger partial charge on any atom is 0.217 e. The number of nitrogens with two attached hydrogens (primary N) is 1. The first-order valence-corrected chi connectivity index (χ1v) is 9.17. The Morgan fingerprint density at radius 2 is 1.96 bits per heavy atom. The second-order valence-electron chi connectivity index (χ2n) is 6.43. The summed E-state index contributed by atoms with van der Waals surface area (Å²) < 4.78 is 21.9. The lowest BCUT2D eigenvalue weighted by molar-refractivity contribution is 0.387. The van der Waals surface area contributed by atoms with Crippen molar-refractivity contribution in [2.24, 2.45) is 5.14 Å². The molecule has 0 aliphatic rings. The zero-order chi connectivity index (χ0) is 18.1. The van der Waals surface area contributed by atoms with E-state index in [0.29, 0.717) is 23.1 Å². The molecule has 0 amide bonds. The zero-order valence-corrected chi connectivity index (χ0v) is 16.1. The number of rotatable bonds is 6. The number of nitrogens with zero attached hydrogens (tertiary/aromatic N) is 1. The summed E-state index contributed by atoms with van der Waals surface area (Å²) in [6, 6.07) is 5.62. The van der Waals surface area contributed by atoms with Gasteiger partial charge in [-0.05, 0) is 38.3 Å². The average Bonchev–Trinajstić information content (AvgIpc) is 2.52. The average molecular weight is 371 g/mol. The van der Waals surface area contributed by atoms with Gasteiger partial charge in [0, 0.05) is 17.0 Å². The molecule has 0 aliphatic heterocycles. The highest BCUT2D eigenvalue weighted by Crippen LogP contribution is 2.37. The van der Waals surface area contributed by atoms with Gasteiger partial charge in [0.25, 0.3) is 0 Å². The predicted molar refractivity (Wildman–Crippen MR) is 99.3 cm³/mol. The van der Waals surface area contributed by atoms with Gasteiger partial charge in [0.05, 0.1) is 40.5 Å². The minimum absolute atomic E-state index is 0.0697. The first kappa shape index (κ1) is 19.0. The molecule has 5 nitrogen and oxygen atoms in total. The number of methoxy groups -OCH3 is 2. The van der Waals surface area contributed by atoms with E-state index in [9.17, 15) is 4.21 Å². The molecule has 0 radical (unpaired) electrons. The van der Waals surface area contributed by atoms with Crippen LogP contribution in [0.25, 0.3) is 10.9 Å².